The Kier molecular flexibility index (Phi) is 6.10. The summed E-state index contributed by atoms with van der Waals surface area (Å²) < 4.78 is 5.53. The Labute approximate surface area is 214 Å². The lowest BCUT2D eigenvalue weighted by molar-refractivity contribution is 0.573. The van der Waals surface area contributed by atoms with Crippen molar-refractivity contribution in [1.29, 1.82) is 0 Å². The summed E-state index contributed by atoms with van der Waals surface area (Å²) in [5.74, 6) is 0.356. The zero-order valence-corrected chi connectivity index (χ0v) is 21.1. The average Bonchev–Trinajstić information content (AvgIpc) is 3.39. The zero-order valence-electron chi connectivity index (χ0n) is 19.6. The van der Waals surface area contributed by atoms with Crippen LogP contribution in [0.2, 0.25) is 10.0 Å². The lowest BCUT2D eigenvalue weighted by Gasteiger charge is -2.17. The van der Waals surface area contributed by atoms with Gasteiger partial charge in [0.25, 0.3) is 0 Å². The number of nitrogens with zero attached hydrogens (tertiary/aromatic N) is 8. The summed E-state index contributed by atoms with van der Waals surface area (Å²) in [6.07, 6.45) is 3.33. The van der Waals surface area contributed by atoms with Crippen molar-refractivity contribution >= 4 is 45.7 Å². The summed E-state index contributed by atoms with van der Waals surface area (Å²) in [6, 6.07) is 8.91. The lowest BCUT2D eigenvalue weighted by Crippen LogP contribution is -2.43. The fourth-order valence-electron chi connectivity index (χ4n) is 3.87. The second-order valence-electron chi connectivity index (χ2n) is 8.40. The highest BCUT2D eigenvalue weighted by Crippen LogP contribution is 2.29. The molecule has 5 rings (SSSR count). The third-order valence-corrected chi connectivity index (χ3v) is 6.24. The number of hydrogen-bond acceptors (Lipinski definition) is 7. The molecule has 184 valence electrons. The molecule has 0 saturated carbocycles. The van der Waals surface area contributed by atoms with Gasteiger partial charge in [-0.1, -0.05) is 29.3 Å². The molecule has 0 spiro atoms. The van der Waals surface area contributed by atoms with Gasteiger partial charge in [0.1, 0.15) is 6.33 Å². The Hall–Kier alpha value is -3.96. The van der Waals surface area contributed by atoms with Gasteiger partial charge < -0.3 is 5.32 Å². The summed E-state index contributed by atoms with van der Waals surface area (Å²) >= 11 is 12.7. The van der Waals surface area contributed by atoms with Crippen molar-refractivity contribution in [2.75, 3.05) is 5.32 Å². The predicted octanol–water partition coefficient (Wildman–Crippen LogP) is 2.88. The van der Waals surface area contributed by atoms with Gasteiger partial charge in [-0.05, 0) is 42.3 Å². The number of hydrogen-bond donors (Lipinski definition) is 1. The number of benzene rings is 2. The van der Waals surface area contributed by atoms with Gasteiger partial charge in [0.2, 0.25) is 5.95 Å². The first kappa shape index (κ1) is 23.8. The van der Waals surface area contributed by atoms with E-state index < -0.39 is 11.4 Å². The molecular formula is C23H21Cl2N9O2. The topological polar surface area (TPSA) is 117 Å². The van der Waals surface area contributed by atoms with Gasteiger partial charge >= 0.3 is 11.4 Å². The van der Waals surface area contributed by atoms with E-state index in [2.05, 4.69) is 25.5 Å². The van der Waals surface area contributed by atoms with Crippen LogP contribution in [-0.2, 0) is 27.2 Å². The normalized spacial score (nSPS) is 11.4. The minimum absolute atomic E-state index is 0.0414. The van der Waals surface area contributed by atoms with Crippen LogP contribution in [0.1, 0.15) is 17.0 Å². The van der Waals surface area contributed by atoms with Crippen molar-refractivity contribution in [2.24, 2.45) is 14.1 Å². The highest BCUT2D eigenvalue weighted by atomic mass is 35.5. The molecule has 0 atom stereocenters. The largest absolute Gasteiger partial charge is 0.355 e. The number of anilines is 2. The van der Waals surface area contributed by atoms with Crippen LogP contribution in [0.25, 0.3) is 10.9 Å². The zero-order chi connectivity index (χ0) is 25.6. The molecule has 36 heavy (non-hydrogen) atoms. The molecule has 0 aliphatic carbocycles. The minimum Gasteiger partial charge on any atom is -0.324 e. The van der Waals surface area contributed by atoms with E-state index in [1.165, 1.54) is 15.6 Å². The third-order valence-electron chi connectivity index (χ3n) is 5.69. The number of halogens is 2. The Morgan fingerprint density at radius 3 is 2.53 bits per heavy atom. The van der Waals surface area contributed by atoms with Gasteiger partial charge in [0, 0.05) is 30.7 Å². The highest BCUT2D eigenvalue weighted by Gasteiger charge is 2.18. The molecule has 3 aromatic heterocycles. The van der Waals surface area contributed by atoms with Crippen molar-refractivity contribution in [3.05, 3.63) is 90.8 Å². The van der Waals surface area contributed by atoms with Crippen molar-refractivity contribution in [2.45, 2.75) is 20.0 Å². The smallest absolute Gasteiger partial charge is 0.324 e. The van der Waals surface area contributed by atoms with Crippen LogP contribution in [0.4, 0.5) is 11.6 Å². The number of fused-ring (bicyclic) bond motifs is 1. The molecule has 0 aliphatic heterocycles. The molecule has 0 fully saturated rings. The molecular weight excluding hydrogens is 505 g/mol. The molecule has 5 aromatic rings. The van der Waals surface area contributed by atoms with Crippen molar-refractivity contribution in [1.82, 2.24) is 38.7 Å². The van der Waals surface area contributed by atoms with Crippen LogP contribution < -0.4 is 16.7 Å². The molecule has 1 N–H and O–H groups in total. The summed E-state index contributed by atoms with van der Waals surface area (Å²) in [6.45, 7) is 1.91. The molecule has 3 heterocycles. The van der Waals surface area contributed by atoms with E-state index in [0.717, 1.165) is 21.1 Å². The van der Waals surface area contributed by atoms with Gasteiger partial charge in [-0.25, -0.2) is 19.1 Å². The van der Waals surface area contributed by atoms with E-state index in [1.807, 2.05) is 26.2 Å². The molecule has 0 bridgehead atoms. The molecule has 0 radical (unpaired) electrons. The van der Waals surface area contributed by atoms with Crippen molar-refractivity contribution in [3.63, 3.8) is 0 Å². The van der Waals surface area contributed by atoms with Crippen LogP contribution in [0, 0.1) is 6.92 Å². The Bertz CT molecular complexity index is 1730. The number of aryl methyl sites for hydroxylation is 3. The first-order valence-electron chi connectivity index (χ1n) is 10.9. The summed E-state index contributed by atoms with van der Waals surface area (Å²) in [7, 11) is 3.51. The predicted molar refractivity (Wildman–Crippen MR) is 137 cm³/mol. The molecule has 2 aromatic carbocycles. The van der Waals surface area contributed by atoms with E-state index in [1.54, 1.807) is 36.0 Å². The Morgan fingerprint density at radius 2 is 1.78 bits per heavy atom. The maximum atomic E-state index is 13.6. The Balaban J connectivity index is 1.64. The van der Waals surface area contributed by atoms with Crippen molar-refractivity contribution in [3.8, 4) is 0 Å². The van der Waals surface area contributed by atoms with Gasteiger partial charge in [0.15, 0.2) is 5.82 Å². The van der Waals surface area contributed by atoms with Gasteiger partial charge in [-0.3, -0.25) is 13.9 Å². The van der Waals surface area contributed by atoms with Crippen LogP contribution >= 0.6 is 23.2 Å². The fraction of sp³-hybridized carbons (Fsp3) is 0.217. The minimum atomic E-state index is -0.743. The molecule has 0 saturated heterocycles. The van der Waals surface area contributed by atoms with Gasteiger partial charge in [0.05, 0.1) is 29.3 Å². The molecule has 11 nitrogen and oxygen atoms in total. The lowest BCUT2D eigenvalue weighted by atomic mass is 10.1. The standard InChI is InChI=1S/C23H21Cl2N9O2/c1-13-4-5-16(24)6-14(13)10-33-21(27-19-7-15-9-31(2)29-18(15)8-17(19)25)28-22(35)34(23(33)36)11-20-26-12-32(3)30-20/h4-9,12H,10-11H2,1-3H3,(H,27,28,35). The SMILES string of the molecule is Cc1ccc(Cl)cc1Cn1c(Nc2cc3cn(C)nc3cc2Cl)nc(=O)n(Cc2ncn(C)n2)c1=O. The van der Waals surface area contributed by atoms with Crippen molar-refractivity contribution < 1.29 is 0 Å². The number of aromatic nitrogens is 8. The number of nitrogens with one attached hydrogen (secondary N) is 1. The van der Waals surface area contributed by atoms with Crippen LogP contribution in [0.3, 0.4) is 0 Å². The molecule has 0 amide bonds. The van der Waals surface area contributed by atoms with E-state index in [4.69, 9.17) is 23.2 Å². The second kappa shape index (κ2) is 9.25. The van der Waals surface area contributed by atoms with E-state index in [9.17, 15) is 9.59 Å². The van der Waals surface area contributed by atoms with Gasteiger partial charge in [-0.15, -0.1) is 0 Å². The third kappa shape index (κ3) is 4.62. The Morgan fingerprint density at radius 1 is 0.972 bits per heavy atom. The van der Waals surface area contributed by atoms with E-state index >= 15 is 0 Å². The van der Waals surface area contributed by atoms with Crippen LogP contribution in [-0.4, -0.2) is 38.7 Å². The van der Waals surface area contributed by atoms with Crippen LogP contribution in [0.15, 0.2) is 52.4 Å². The van der Waals surface area contributed by atoms with E-state index in [0.29, 0.717) is 27.1 Å². The quantitative estimate of drug-likeness (QED) is 0.362. The average molecular weight is 526 g/mol. The maximum absolute atomic E-state index is 13.6. The van der Waals surface area contributed by atoms with E-state index in [-0.39, 0.29) is 19.0 Å². The number of rotatable bonds is 6. The highest BCUT2D eigenvalue weighted by molar-refractivity contribution is 6.34. The van der Waals surface area contributed by atoms with Crippen LogP contribution in [0.5, 0.6) is 0 Å². The monoisotopic (exact) mass is 525 g/mol. The molecule has 13 heteroatoms. The fourth-order valence-corrected chi connectivity index (χ4v) is 4.27. The molecule has 0 aliphatic rings. The first-order chi connectivity index (χ1) is 17.2. The maximum Gasteiger partial charge on any atom is 0.355 e. The van der Waals surface area contributed by atoms with Gasteiger partial charge in [-0.2, -0.15) is 15.2 Å². The molecule has 0 unspecified atom stereocenters. The first-order valence-corrected chi connectivity index (χ1v) is 11.6. The summed E-state index contributed by atoms with van der Waals surface area (Å²) in [5, 5.41) is 13.3. The summed E-state index contributed by atoms with van der Waals surface area (Å²) in [4.78, 5) is 34.9. The second-order valence-corrected chi connectivity index (χ2v) is 9.24. The summed E-state index contributed by atoms with van der Waals surface area (Å²) in [5.41, 5.74) is 1.59.